The van der Waals surface area contributed by atoms with E-state index in [9.17, 15) is 4.79 Å². The second-order valence-corrected chi connectivity index (χ2v) is 7.17. The molecule has 0 spiro atoms. The van der Waals surface area contributed by atoms with E-state index in [1.807, 2.05) is 18.2 Å². The Kier molecular flexibility index (Phi) is 7.57. The van der Waals surface area contributed by atoms with E-state index in [-0.39, 0.29) is 11.9 Å². The highest BCUT2D eigenvalue weighted by Crippen LogP contribution is 2.22. The van der Waals surface area contributed by atoms with Gasteiger partial charge < -0.3 is 15.4 Å². The normalized spacial score (nSPS) is 16.8. The molecule has 0 aliphatic carbocycles. The van der Waals surface area contributed by atoms with Gasteiger partial charge in [0.1, 0.15) is 5.75 Å². The van der Waals surface area contributed by atoms with Crippen LogP contribution in [0.15, 0.2) is 24.3 Å². The number of methoxy groups -OCH3 is 1. The molecule has 1 amide bonds. The van der Waals surface area contributed by atoms with Crippen LogP contribution in [-0.4, -0.2) is 32.1 Å². The van der Waals surface area contributed by atoms with Crippen LogP contribution in [0.1, 0.15) is 45.1 Å². The van der Waals surface area contributed by atoms with Gasteiger partial charge in [-0.05, 0) is 62.2 Å². The first-order chi connectivity index (χ1) is 11.6. The van der Waals surface area contributed by atoms with E-state index in [4.69, 9.17) is 4.74 Å². The van der Waals surface area contributed by atoms with Gasteiger partial charge >= 0.3 is 0 Å². The van der Waals surface area contributed by atoms with Crippen LogP contribution in [-0.2, 0) is 11.2 Å². The Morgan fingerprint density at radius 1 is 1.29 bits per heavy atom. The fourth-order valence-electron chi connectivity index (χ4n) is 3.35. The number of nitrogens with one attached hydrogen (secondary N) is 2. The smallest absolute Gasteiger partial charge is 0.220 e. The molecule has 0 bridgehead atoms. The first-order valence-corrected chi connectivity index (χ1v) is 9.22. The van der Waals surface area contributed by atoms with Crippen LogP contribution >= 0.6 is 0 Å². The van der Waals surface area contributed by atoms with Crippen LogP contribution in [0, 0.1) is 11.8 Å². The van der Waals surface area contributed by atoms with Crippen molar-refractivity contribution in [1.29, 1.82) is 0 Å². The van der Waals surface area contributed by atoms with E-state index in [1.54, 1.807) is 7.11 Å². The summed E-state index contributed by atoms with van der Waals surface area (Å²) in [7, 11) is 1.70. The Hall–Kier alpha value is -1.55. The van der Waals surface area contributed by atoms with Gasteiger partial charge in [-0.25, -0.2) is 0 Å². The molecular formula is C20H32N2O2. The molecule has 0 aromatic heterocycles. The Balaban J connectivity index is 1.86. The Labute approximate surface area is 146 Å². The Morgan fingerprint density at radius 3 is 2.67 bits per heavy atom. The summed E-state index contributed by atoms with van der Waals surface area (Å²) in [5.74, 6) is 2.16. The van der Waals surface area contributed by atoms with E-state index in [0.717, 1.165) is 37.2 Å². The quantitative estimate of drug-likeness (QED) is 0.769. The van der Waals surface area contributed by atoms with Gasteiger partial charge in [-0.1, -0.05) is 32.0 Å². The number of piperidine rings is 1. The zero-order chi connectivity index (χ0) is 17.4. The molecule has 2 N–H and O–H groups in total. The topological polar surface area (TPSA) is 50.4 Å². The average molecular weight is 332 g/mol. The summed E-state index contributed by atoms with van der Waals surface area (Å²) in [6.07, 6.45) is 4.85. The third kappa shape index (κ3) is 5.82. The number of benzene rings is 1. The molecular weight excluding hydrogens is 300 g/mol. The van der Waals surface area contributed by atoms with Crippen molar-refractivity contribution in [3.8, 4) is 5.75 Å². The molecule has 134 valence electrons. The summed E-state index contributed by atoms with van der Waals surface area (Å²) in [6, 6.07) is 8.20. The van der Waals surface area contributed by atoms with E-state index < -0.39 is 0 Å². The van der Waals surface area contributed by atoms with Crippen LogP contribution < -0.4 is 15.4 Å². The van der Waals surface area contributed by atoms with Crippen LogP contribution in [0.2, 0.25) is 0 Å². The van der Waals surface area contributed by atoms with Gasteiger partial charge in [0.2, 0.25) is 5.91 Å². The number of hydrogen-bond donors (Lipinski definition) is 2. The van der Waals surface area contributed by atoms with Crippen LogP contribution in [0.4, 0.5) is 0 Å². The second-order valence-electron chi connectivity index (χ2n) is 7.17. The molecule has 4 nitrogen and oxygen atoms in total. The number of amides is 1. The minimum atomic E-state index is 0.141. The van der Waals surface area contributed by atoms with Crippen LogP contribution in [0.3, 0.4) is 0 Å². The SMILES string of the molecule is COc1ccccc1CC(NC(=O)CCC1CCNCC1)C(C)C. The van der Waals surface area contributed by atoms with Gasteiger partial charge in [0.05, 0.1) is 7.11 Å². The number of rotatable bonds is 8. The van der Waals surface area contributed by atoms with E-state index in [1.165, 1.54) is 12.8 Å². The fraction of sp³-hybridized carbons (Fsp3) is 0.650. The van der Waals surface area contributed by atoms with E-state index in [2.05, 4.69) is 30.5 Å². The first-order valence-electron chi connectivity index (χ1n) is 9.22. The van der Waals surface area contributed by atoms with Crippen molar-refractivity contribution in [2.45, 2.75) is 52.0 Å². The number of para-hydroxylation sites is 1. The molecule has 1 aromatic carbocycles. The molecule has 4 heteroatoms. The molecule has 0 radical (unpaired) electrons. The molecule has 2 rings (SSSR count). The maximum atomic E-state index is 12.4. The molecule has 1 saturated heterocycles. The molecule has 1 heterocycles. The first kappa shape index (κ1) is 18.8. The average Bonchev–Trinajstić information content (AvgIpc) is 2.60. The third-order valence-electron chi connectivity index (χ3n) is 5.02. The van der Waals surface area contributed by atoms with Crippen LogP contribution in [0.5, 0.6) is 5.75 Å². The van der Waals surface area contributed by atoms with Gasteiger partial charge in [0, 0.05) is 12.5 Å². The standard InChI is InChI=1S/C20H32N2O2/c1-15(2)18(14-17-6-4-5-7-19(17)24-3)22-20(23)9-8-16-10-12-21-13-11-16/h4-7,15-16,18,21H,8-14H2,1-3H3,(H,22,23). The maximum absolute atomic E-state index is 12.4. The van der Waals surface area contributed by atoms with Crippen molar-refractivity contribution < 1.29 is 9.53 Å². The summed E-state index contributed by atoms with van der Waals surface area (Å²) in [5.41, 5.74) is 1.15. The lowest BCUT2D eigenvalue weighted by molar-refractivity contribution is -0.122. The van der Waals surface area contributed by atoms with Crippen molar-refractivity contribution in [3.63, 3.8) is 0 Å². The molecule has 0 saturated carbocycles. The highest BCUT2D eigenvalue weighted by Gasteiger charge is 2.20. The molecule has 1 unspecified atom stereocenters. The minimum absolute atomic E-state index is 0.141. The molecule has 24 heavy (non-hydrogen) atoms. The lowest BCUT2D eigenvalue weighted by Gasteiger charge is -2.25. The maximum Gasteiger partial charge on any atom is 0.220 e. The van der Waals surface area contributed by atoms with Crippen molar-refractivity contribution >= 4 is 5.91 Å². The predicted octanol–water partition coefficient (Wildman–Crippen LogP) is 3.16. The highest BCUT2D eigenvalue weighted by atomic mass is 16.5. The monoisotopic (exact) mass is 332 g/mol. The number of carbonyl (C=O) groups is 1. The second kappa shape index (κ2) is 9.67. The molecule has 1 aliphatic heterocycles. The van der Waals surface area contributed by atoms with Crippen molar-refractivity contribution in [2.75, 3.05) is 20.2 Å². The zero-order valence-corrected chi connectivity index (χ0v) is 15.3. The summed E-state index contributed by atoms with van der Waals surface area (Å²) in [5, 5.41) is 6.62. The third-order valence-corrected chi connectivity index (χ3v) is 5.02. The van der Waals surface area contributed by atoms with Gasteiger partial charge in [-0.2, -0.15) is 0 Å². The Morgan fingerprint density at radius 2 is 2.00 bits per heavy atom. The summed E-state index contributed by atoms with van der Waals surface area (Å²) >= 11 is 0. The molecule has 1 atom stereocenters. The summed E-state index contributed by atoms with van der Waals surface area (Å²) in [4.78, 5) is 12.4. The minimum Gasteiger partial charge on any atom is -0.496 e. The lowest BCUT2D eigenvalue weighted by Crippen LogP contribution is -2.40. The number of ether oxygens (including phenoxy) is 1. The fourth-order valence-corrected chi connectivity index (χ4v) is 3.35. The van der Waals surface area contributed by atoms with Crippen molar-refractivity contribution in [2.24, 2.45) is 11.8 Å². The molecule has 1 fully saturated rings. The zero-order valence-electron chi connectivity index (χ0n) is 15.3. The van der Waals surface area contributed by atoms with E-state index in [0.29, 0.717) is 18.3 Å². The van der Waals surface area contributed by atoms with Crippen LogP contribution in [0.25, 0.3) is 0 Å². The Bertz CT molecular complexity index is 510. The van der Waals surface area contributed by atoms with Gasteiger partial charge in [0.25, 0.3) is 0 Å². The number of hydrogen-bond acceptors (Lipinski definition) is 3. The van der Waals surface area contributed by atoms with Gasteiger partial charge in [-0.15, -0.1) is 0 Å². The lowest BCUT2D eigenvalue weighted by atomic mass is 9.92. The molecule has 1 aromatic rings. The van der Waals surface area contributed by atoms with Crippen molar-refractivity contribution in [3.05, 3.63) is 29.8 Å². The predicted molar refractivity (Wildman–Crippen MR) is 98.3 cm³/mol. The number of carbonyl (C=O) groups excluding carboxylic acids is 1. The van der Waals surface area contributed by atoms with Gasteiger partial charge in [-0.3, -0.25) is 4.79 Å². The summed E-state index contributed by atoms with van der Waals surface area (Å²) < 4.78 is 5.44. The highest BCUT2D eigenvalue weighted by molar-refractivity contribution is 5.76. The summed E-state index contributed by atoms with van der Waals surface area (Å²) in [6.45, 7) is 6.50. The van der Waals surface area contributed by atoms with E-state index >= 15 is 0 Å². The van der Waals surface area contributed by atoms with Gasteiger partial charge in [0.15, 0.2) is 0 Å². The largest absolute Gasteiger partial charge is 0.496 e. The molecule has 1 aliphatic rings. The van der Waals surface area contributed by atoms with Crippen molar-refractivity contribution in [1.82, 2.24) is 10.6 Å².